The number of hydrogen-bond donors (Lipinski definition) is 1. The van der Waals surface area contributed by atoms with Crippen molar-refractivity contribution in [2.75, 3.05) is 19.7 Å². The number of carbonyl (C=O) groups excluding carboxylic acids is 2. The number of rotatable bonds is 5. The first-order valence-corrected chi connectivity index (χ1v) is 11.2. The number of hydrogen-bond acceptors (Lipinski definition) is 6. The highest BCUT2D eigenvalue weighted by Crippen LogP contribution is 2.42. The highest BCUT2D eigenvalue weighted by atomic mass is 35.5. The van der Waals surface area contributed by atoms with Crippen LogP contribution in [0.1, 0.15) is 46.8 Å². The van der Waals surface area contributed by atoms with Crippen molar-refractivity contribution in [3.05, 3.63) is 63.4 Å². The smallest absolute Gasteiger partial charge is 0.309 e. The minimum Gasteiger partial charge on any atom is -0.507 e. The van der Waals surface area contributed by atoms with Crippen molar-refractivity contribution in [3.63, 3.8) is 0 Å². The van der Waals surface area contributed by atoms with Crippen molar-refractivity contribution in [2.24, 2.45) is 5.92 Å². The van der Waals surface area contributed by atoms with Crippen molar-refractivity contribution in [1.29, 1.82) is 0 Å². The van der Waals surface area contributed by atoms with Gasteiger partial charge in [-0.05, 0) is 69.1 Å². The summed E-state index contributed by atoms with van der Waals surface area (Å²) in [6, 6.07) is 8.84. The van der Waals surface area contributed by atoms with Gasteiger partial charge in [0.25, 0.3) is 0 Å². The minimum absolute atomic E-state index is 0.0912. The van der Waals surface area contributed by atoms with E-state index in [0.717, 1.165) is 0 Å². The van der Waals surface area contributed by atoms with Crippen LogP contribution >= 0.6 is 11.6 Å². The predicted molar refractivity (Wildman–Crippen MR) is 122 cm³/mol. The normalized spacial score (nSPS) is 18.0. The second kappa shape index (κ2) is 9.35. The summed E-state index contributed by atoms with van der Waals surface area (Å²) in [4.78, 5) is 27.2. The summed E-state index contributed by atoms with van der Waals surface area (Å²) >= 11 is 6.24. The summed E-state index contributed by atoms with van der Waals surface area (Å²) in [5.41, 5.74) is 2.40. The van der Waals surface area contributed by atoms with Crippen molar-refractivity contribution in [2.45, 2.75) is 33.2 Å². The maximum absolute atomic E-state index is 13.1. The highest BCUT2D eigenvalue weighted by molar-refractivity contribution is 6.32. The Bertz CT molecular complexity index is 1090. The molecule has 32 heavy (non-hydrogen) atoms. The van der Waals surface area contributed by atoms with Gasteiger partial charge in [0.2, 0.25) is 5.78 Å². The number of phenolic OH excluding ortho intramolecular Hbond substituents is 1. The average Bonchev–Trinajstić information content (AvgIpc) is 3.10. The summed E-state index contributed by atoms with van der Waals surface area (Å²) in [5, 5.41) is 11.2. The number of halogens is 1. The molecule has 0 bridgehead atoms. The number of aryl methyl sites for hydroxylation is 1. The van der Waals surface area contributed by atoms with Gasteiger partial charge in [0.15, 0.2) is 5.76 Å². The molecule has 7 heteroatoms. The topological polar surface area (TPSA) is 76.1 Å². The highest BCUT2D eigenvalue weighted by Gasteiger charge is 2.34. The Morgan fingerprint density at radius 2 is 2.03 bits per heavy atom. The Hall–Kier alpha value is -2.83. The van der Waals surface area contributed by atoms with Gasteiger partial charge in [0.05, 0.1) is 23.7 Å². The Morgan fingerprint density at radius 3 is 2.72 bits per heavy atom. The SMILES string of the molecule is CCOC(=O)C1CCN(Cc2c(O)cc(C)c3c2O/C(=C/c2ccccc2Cl)C3=O)CC1. The van der Waals surface area contributed by atoms with Crippen LogP contribution in [-0.2, 0) is 16.1 Å². The fraction of sp³-hybridized carbons (Fsp3) is 0.360. The van der Waals surface area contributed by atoms with E-state index in [9.17, 15) is 14.7 Å². The lowest BCUT2D eigenvalue weighted by molar-refractivity contribution is -0.149. The van der Waals surface area contributed by atoms with Crippen molar-refractivity contribution >= 4 is 29.4 Å². The van der Waals surface area contributed by atoms with E-state index in [1.54, 1.807) is 25.1 Å². The molecule has 0 radical (unpaired) electrons. The zero-order valence-corrected chi connectivity index (χ0v) is 18.9. The van der Waals surface area contributed by atoms with E-state index in [4.69, 9.17) is 21.1 Å². The van der Waals surface area contributed by atoms with Gasteiger partial charge >= 0.3 is 5.97 Å². The van der Waals surface area contributed by atoms with E-state index in [1.807, 2.05) is 25.1 Å². The predicted octanol–water partition coefficient (Wildman–Crippen LogP) is 4.75. The van der Waals surface area contributed by atoms with Crippen LogP contribution in [0.25, 0.3) is 6.08 Å². The number of esters is 1. The molecule has 0 aromatic heterocycles. The Kier molecular flexibility index (Phi) is 6.53. The number of phenols is 1. The first kappa shape index (κ1) is 22.4. The molecular weight excluding hydrogens is 430 g/mol. The van der Waals surface area contributed by atoms with Gasteiger partial charge in [-0.25, -0.2) is 0 Å². The zero-order chi connectivity index (χ0) is 22.8. The molecule has 0 amide bonds. The number of likely N-dealkylation sites (tertiary alicyclic amines) is 1. The maximum Gasteiger partial charge on any atom is 0.309 e. The van der Waals surface area contributed by atoms with Crippen LogP contribution in [-0.4, -0.2) is 41.5 Å². The van der Waals surface area contributed by atoms with Crippen LogP contribution < -0.4 is 4.74 Å². The van der Waals surface area contributed by atoms with Gasteiger partial charge in [-0.1, -0.05) is 29.8 Å². The molecule has 0 saturated carbocycles. The molecule has 1 saturated heterocycles. The Labute approximate surface area is 192 Å². The molecule has 0 atom stereocenters. The average molecular weight is 456 g/mol. The number of piperidine rings is 1. The molecule has 0 unspecified atom stereocenters. The second-order valence-electron chi connectivity index (χ2n) is 8.16. The molecule has 2 aliphatic rings. The summed E-state index contributed by atoms with van der Waals surface area (Å²) in [6.07, 6.45) is 3.03. The number of ether oxygens (including phenoxy) is 2. The van der Waals surface area contributed by atoms with E-state index in [1.165, 1.54) is 0 Å². The number of benzene rings is 2. The lowest BCUT2D eigenvalue weighted by atomic mass is 9.95. The number of carbonyl (C=O) groups is 2. The van der Waals surface area contributed by atoms with Crippen LogP contribution in [0.15, 0.2) is 36.1 Å². The van der Waals surface area contributed by atoms with Gasteiger partial charge in [0.1, 0.15) is 11.5 Å². The Morgan fingerprint density at radius 1 is 1.31 bits per heavy atom. The van der Waals surface area contributed by atoms with Crippen LogP contribution in [0.4, 0.5) is 0 Å². The minimum atomic E-state index is -0.223. The summed E-state index contributed by atoms with van der Waals surface area (Å²) in [7, 11) is 0. The van der Waals surface area contributed by atoms with E-state index >= 15 is 0 Å². The van der Waals surface area contributed by atoms with Crippen LogP contribution in [0.2, 0.25) is 5.02 Å². The van der Waals surface area contributed by atoms with E-state index in [2.05, 4.69) is 4.90 Å². The van der Waals surface area contributed by atoms with Crippen LogP contribution in [0, 0.1) is 12.8 Å². The summed E-state index contributed by atoms with van der Waals surface area (Å²) < 4.78 is 11.1. The van der Waals surface area contributed by atoms with E-state index in [0.29, 0.717) is 72.1 Å². The summed E-state index contributed by atoms with van der Waals surface area (Å²) in [5.74, 6) is 0.226. The molecule has 2 aliphatic heterocycles. The van der Waals surface area contributed by atoms with Crippen molar-refractivity contribution < 1.29 is 24.2 Å². The quantitative estimate of drug-likeness (QED) is 0.518. The van der Waals surface area contributed by atoms with Crippen molar-refractivity contribution in [1.82, 2.24) is 4.90 Å². The molecule has 2 heterocycles. The van der Waals surface area contributed by atoms with Gasteiger partial charge in [-0.15, -0.1) is 0 Å². The van der Waals surface area contributed by atoms with Gasteiger partial charge in [-0.2, -0.15) is 0 Å². The molecule has 0 aliphatic carbocycles. The van der Waals surface area contributed by atoms with Crippen LogP contribution in [0.3, 0.4) is 0 Å². The fourth-order valence-corrected chi connectivity index (χ4v) is 4.47. The molecule has 6 nitrogen and oxygen atoms in total. The molecule has 168 valence electrons. The van der Waals surface area contributed by atoms with Gasteiger partial charge in [0, 0.05) is 11.6 Å². The lowest BCUT2D eigenvalue weighted by Crippen LogP contribution is -2.36. The van der Waals surface area contributed by atoms with Crippen LogP contribution in [0.5, 0.6) is 11.5 Å². The molecule has 1 N–H and O–H groups in total. The fourth-order valence-electron chi connectivity index (χ4n) is 4.28. The number of fused-ring (bicyclic) bond motifs is 1. The number of allylic oxidation sites excluding steroid dienone is 1. The number of aromatic hydroxyl groups is 1. The van der Waals surface area contributed by atoms with Gasteiger partial charge in [-0.3, -0.25) is 14.5 Å². The Balaban J connectivity index is 1.57. The third kappa shape index (κ3) is 4.38. The van der Waals surface area contributed by atoms with Gasteiger partial charge < -0.3 is 14.6 Å². The third-order valence-corrected chi connectivity index (χ3v) is 6.35. The lowest BCUT2D eigenvalue weighted by Gasteiger charge is -2.31. The molecular formula is C25H26ClNO5. The maximum atomic E-state index is 13.1. The number of Topliss-reactive ketones (excluding diaryl/α,β-unsaturated/α-hetero) is 1. The van der Waals surface area contributed by atoms with E-state index in [-0.39, 0.29) is 29.2 Å². The first-order valence-electron chi connectivity index (χ1n) is 10.8. The largest absolute Gasteiger partial charge is 0.507 e. The molecule has 4 rings (SSSR count). The number of nitrogens with zero attached hydrogens (tertiary/aromatic N) is 1. The first-order chi connectivity index (χ1) is 15.4. The molecule has 2 aromatic rings. The third-order valence-electron chi connectivity index (χ3n) is 6.00. The zero-order valence-electron chi connectivity index (χ0n) is 18.2. The molecule has 1 fully saturated rings. The second-order valence-corrected chi connectivity index (χ2v) is 8.57. The van der Waals surface area contributed by atoms with E-state index < -0.39 is 0 Å². The monoisotopic (exact) mass is 455 g/mol. The standard InChI is InChI=1S/C25H26ClNO5/c1-3-31-25(30)16-8-10-27(11-9-16)14-18-20(28)12-15(2)22-23(29)21(32-24(18)22)13-17-6-4-5-7-19(17)26/h4-7,12-13,16,28H,3,8-11,14H2,1-2H3/b21-13+. The summed E-state index contributed by atoms with van der Waals surface area (Å²) in [6.45, 7) is 5.80. The van der Waals surface area contributed by atoms with Crippen molar-refractivity contribution in [3.8, 4) is 11.5 Å². The number of ketones is 1. The molecule has 2 aromatic carbocycles. The molecule has 0 spiro atoms.